The molecule has 108 valence electrons. The third-order valence-electron chi connectivity index (χ3n) is 3.14. The molecule has 0 unspecified atom stereocenters. The van der Waals surface area contributed by atoms with Gasteiger partial charge in [-0.15, -0.1) is 5.10 Å². The lowest BCUT2D eigenvalue weighted by molar-refractivity contribution is -0.137. The summed E-state index contributed by atoms with van der Waals surface area (Å²) in [5, 5.41) is 12.2. The topological polar surface area (TPSA) is 81.0 Å². The van der Waals surface area contributed by atoms with Gasteiger partial charge in [0.1, 0.15) is 0 Å². The Hall–Kier alpha value is -2.22. The van der Waals surface area contributed by atoms with E-state index >= 15 is 0 Å². The van der Waals surface area contributed by atoms with Crippen LogP contribution in [-0.2, 0) is 9.59 Å². The predicted molar refractivity (Wildman–Crippen MR) is 75.8 cm³/mol. The highest BCUT2D eigenvalue weighted by molar-refractivity contribution is 7.99. The summed E-state index contributed by atoms with van der Waals surface area (Å²) >= 11 is 1.42. The van der Waals surface area contributed by atoms with Crippen LogP contribution in [0.5, 0.6) is 0 Å². The molecule has 2 amide bonds. The zero-order valence-electron chi connectivity index (χ0n) is 11.2. The Balaban J connectivity index is 1.63. The molecule has 2 heterocycles. The first-order chi connectivity index (χ1) is 10.3. The fourth-order valence-electron chi connectivity index (χ4n) is 2.10. The molecule has 21 heavy (non-hydrogen) atoms. The summed E-state index contributed by atoms with van der Waals surface area (Å²) in [6.45, 7) is 0.393. The molecule has 1 saturated heterocycles. The highest BCUT2D eigenvalue weighted by Crippen LogP contribution is 2.19. The van der Waals surface area contributed by atoms with E-state index in [2.05, 4.69) is 15.5 Å². The number of hydrogen-bond donors (Lipinski definition) is 0. The molecule has 0 spiro atoms. The van der Waals surface area contributed by atoms with E-state index in [1.54, 1.807) is 4.68 Å². The molecule has 0 radical (unpaired) electrons. The molecule has 0 atom stereocenters. The summed E-state index contributed by atoms with van der Waals surface area (Å²) in [4.78, 5) is 24.3. The van der Waals surface area contributed by atoms with Gasteiger partial charge in [-0.1, -0.05) is 30.0 Å². The summed E-state index contributed by atoms with van der Waals surface area (Å²) in [6, 6.07) is 9.56. The Kier molecular flexibility index (Phi) is 3.96. The van der Waals surface area contributed by atoms with Gasteiger partial charge in [-0.05, 0) is 22.6 Å². The zero-order valence-corrected chi connectivity index (χ0v) is 12.0. The minimum Gasteiger partial charge on any atom is -0.282 e. The quantitative estimate of drug-likeness (QED) is 0.603. The molecule has 1 aliphatic rings. The maximum absolute atomic E-state index is 11.5. The van der Waals surface area contributed by atoms with E-state index in [0.717, 1.165) is 5.69 Å². The van der Waals surface area contributed by atoms with Crippen molar-refractivity contribution >= 4 is 23.6 Å². The molecular formula is C13H13N5O2S. The molecule has 1 aromatic heterocycles. The SMILES string of the molecule is O=C1CCC(=O)N1CCSc1nnnn1-c1ccccc1. The summed E-state index contributed by atoms with van der Waals surface area (Å²) in [5.74, 6) is 0.386. The van der Waals surface area contributed by atoms with E-state index in [4.69, 9.17) is 0 Å². The number of benzene rings is 1. The van der Waals surface area contributed by atoms with E-state index in [-0.39, 0.29) is 11.8 Å². The first-order valence-electron chi connectivity index (χ1n) is 6.55. The average Bonchev–Trinajstić information content (AvgIpc) is 3.09. The summed E-state index contributed by atoms with van der Waals surface area (Å²) < 4.78 is 1.64. The van der Waals surface area contributed by atoms with E-state index < -0.39 is 0 Å². The first-order valence-corrected chi connectivity index (χ1v) is 7.54. The Morgan fingerprint density at radius 3 is 2.52 bits per heavy atom. The minimum atomic E-state index is -0.0942. The number of thioether (sulfide) groups is 1. The number of aromatic nitrogens is 4. The molecule has 3 rings (SSSR count). The van der Waals surface area contributed by atoms with E-state index in [1.165, 1.54) is 16.7 Å². The molecule has 0 bridgehead atoms. The number of tetrazole rings is 1. The lowest BCUT2D eigenvalue weighted by Gasteiger charge is -2.12. The van der Waals surface area contributed by atoms with Crippen molar-refractivity contribution in [1.82, 2.24) is 25.1 Å². The van der Waals surface area contributed by atoms with Crippen LogP contribution in [0.1, 0.15) is 12.8 Å². The van der Waals surface area contributed by atoms with Crippen LogP contribution in [0.2, 0.25) is 0 Å². The number of imide groups is 1. The number of nitrogens with zero attached hydrogens (tertiary/aromatic N) is 5. The first kappa shape index (κ1) is 13.7. The highest BCUT2D eigenvalue weighted by Gasteiger charge is 2.28. The molecule has 8 heteroatoms. The van der Waals surface area contributed by atoms with Gasteiger partial charge < -0.3 is 0 Å². The molecule has 0 aliphatic carbocycles. The maximum atomic E-state index is 11.5. The monoisotopic (exact) mass is 303 g/mol. The van der Waals surface area contributed by atoms with Crippen molar-refractivity contribution in [2.24, 2.45) is 0 Å². The minimum absolute atomic E-state index is 0.0942. The van der Waals surface area contributed by atoms with Gasteiger partial charge in [0.05, 0.1) is 5.69 Å². The summed E-state index contributed by atoms with van der Waals surface area (Å²) in [5.41, 5.74) is 0.873. The lowest BCUT2D eigenvalue weighted by atomic mass is 10.3. The predicted octanol–water partition coefficient (Wildman–Crippen LogP) is 0.903. The number of rotatable bonds is 5. The lowest BCUT2D eigenvalue weighted by Crippen LogP contribution is -2.31. The van der Waals surface area contributed by atoms with Gasteiger partial charge >= 0.3 is 0 Å². The average molecular weight is 303 g/mol. The van der Waals surface area contributed by atoms with Crippen molar-refractivity contribution in [2.75, 3.05) is 12.3 Å². The van der Waals surface area contributed by atoms with Crippen LogP contribution < -0.4 is 0 Å². The molecule has 0 saturated carbocycles. The highest BCUT2D eigenvalue weighted by atomic mass is 32.2. The van der Waals surface area contributed by atoms with Crippen LogP contribution >= 0.6 is 11.8 Å². The standard InChI is InChI=1S/C13H13N5O2S/c19-11-6-7-12(20)17(11)8-9-21-13-14-15-16-18(13)10-4-2-1-3-5-10/h1-5H,6-9H2. The van der Waals surface area contributed by atoms with Crippen molar-refractivity contribution < 1.29 is 9.59 Å². The third kappa shape index (κ3) is 2.94. The second-order valence-corrected chi connectivity index (χ2v) is 5.56. The fraction of sp³-hybridized carbons (Fsp3) is 0.308. The molecule has 2 aromatic rings. The molecular weight excluding hydrogens is 290 g/mol. The van der Waals surface area contributed by atoms with E-state index in [0.29, 0.717) is 30.3 Å². The number of para-hydroxylation sites is 1. The fourth-order valence-corrected chi connectivity index (χ4v) is 2.92. The van der Waals surface area contributed by atoms with Gasteiger partial charge in [0.15, 0.2) is 0 Å². The van der Waals surface area contributed by atoms with Crippen LogP contribution in [0.15, 0.2) is 35.5 Å². The number of carbonyl (C=O) groups excluding carboxylic acids is 2. The summed E-state index contributed by atoms with van der Waals surface area (Å²) in [7, 11) is 0. The van der Waals surface area contributed by atoms with Crippen LogP contribution in [0.3, 0.4) is 0 Å². The van der Waals surface area contributed by atoms with Crippen molar-refractivity contribution in [1.29, 1.82) is 0 Å². The molecule has 0 N–H and O–H groups in total. The molecule has 1 aromatic carbocycles. The van der Waals surface area contributed by atoms with Crippen LogP contribution in [-0.4, -0.2) is 49.2 Å². The number of likely N-dealkylation sites (tertiary alicyclic amines) is 1. The van der Waals surface area contributed by atoms with Gasteiger partial charge in [0.2, 0.25) is 17.0 Å². The largest absolute Gasteiger partial charge is 0.282 e. The number of amides is 2. The molecule has 1 fully saturated rings. The van der Waals surface area contributed by atoms with Crippen molar-refractivity contribution in [3.63, 3.8) is 0 Å². The van der Waals surface area contributed by atoms with Gasteiger partial charge in [-0.25, -0.2) is 0 Å². The van der Waals surface area contributed by atoms with E-state index in [9.17, 15) is 9.59 Å². The van der Waals surface area contributed by atoms with Crippen LogP contribution in [0.25, 0.3) is 5.69 Å². The normalized spacial score (nSPS) is 15.0. The van der Waals surface area contributed by atoms with Gasteiger partial charge in [0, 0.05) is 25.1 Å². The smallest absolute Gasteiger partial charge is 0.229 e. The van der Waals surface area contributed by atoms with Crippen molar-refractivity contribution in [3.8, 4) is 5.69 Å². The second-order valence-electron chi connectivity index (χ2n) is 4.50. The van der Waals surface area contributed by atoms with Crippen molar-refractivity contribution in [2.45, 2.75) is 18.0 Å². The summed E-state index contributed by atoms with van der Waals surface area (Å²) in [6.07, 6.45) is 0.649. The Morgan fingerprint density at radius 2 is 1.81 bits per heavy atom. The van der Waals surface area contributed by atoms with Crippen LogP contribution in [0.4, 0.5) is 0 Å². The van der Waals surface area contributed by atoms with Gasteiger partial charge in [-0.3, -0.25) is 14.5 Å². The Bertz CT molecular complexity index is 642. The van der Waals surface area contributed by atoms with Gasteiger partial charge in [0.25, 0.3) is 0 Å². The molecule has 1 aliphatic heterocycles. The maximum Gasteiger partial charge on any atom is 0.229 e. The van der Waals surface area contributed by atoms with Gasteiger partial charge in [-0.2, -0.15) is 4.68 Å². The Labute approximate surface area is 125 Å². The third-order valence-corrected chi connectivity index (χ3v) is 4.04. The van der Waals surface area contributed by atoms with E-state index in [1.807, 2.05) is 30.3 Å². The van der Waals surface area contributed by atoms with Crippen molar-refractivity contribution in [3.05, 3.63) is 30.3 Å². The Morgan fingerprint density at radius 1 is 1.10 bits per heavy atom. The number of carbonyl (C=O) groups is 2. The second kappa shape index (κ2) is 6.04. The zero-order chi connectivity index (χ0) is 14.7. The molecule has 7 nitrogen and oxygen atoms in total. The van der Waals surface area contributed by atoms with Crippen LogP contribution in [0, 0.1) is 0 Å². The number of hydrogen-bond acceptors (Lipinski definition) is 6.